The van der Waals surface area contributed by atoms with Gasteiger partial charge in [0.15, 0.2) is 6.54 Å². The maximum atomic E-state index is 12.1. The van der Waals surface area contributed by atoms with E-state index in [1.807, 2.05) is 12.1 Å². The van der Waals surface area contributed by atoms with Crippen molar-refractivity contribution >= 4 is 11.6 Å². The summed E-state index contributed by atoms with van der Waals surface area (Å²) >= 11 is 0. The Hall–Kier alpha value is -1.35. The summed E-state index contributed by atoms with van der Waals surface area (Å²) in [5.74, 6) is 0.959. The summed E-state index contributed by atoms with van der Waals surface area (Å²) in [7, 11) is 0. The Bertz CT molecular complexity index is 428. The highest BCUT2D eigenvalue weighted by Crippen LogP contribution is 2.13. The second kappa shape index (κ2) is 6.20. The SMILES string of the molecule is Cc1cc(C)cc(NC(=O)C[NH+]2CCC(C)CC2)c1. The molecule has 0 saturated carbocycles. The fourth-order valence-electron chi connectivity index (χ4n) is 2.83. The monoisotopic (exact) mass is 261 g/mol. The zero-order valence-electron chi connectivity index (χ0n) is 12.3. The third-order valence-electron chi connectivity index (χ3n) is 3.90. The summed E-state index contributed by atoms with van der Waals surface area (Å²) in [4.78, 5) is 13.5. The van der Waals surface area contributed by atoms with Crippen molar-refractivity contribution in [3.63, 3.8) is 0 Å². The molecule has 1 aliphatic rings. The summed E-state index contributed by atoms with van der Waals surface area (Å²) in [6.07, 6.45) is 2.48. The highest BCUT2D eigenvalue weighted by atomic mass is 16.2. The highest BCUT2D eigenvalue weighted by molar-refractivity contribution is 5.91. The zero-order chi connectivity index (χ0) is 13.8. The molecule has 1 saturated heterocycles. The molecule has 3 nitrogen and oxygen atoms in total. The van der Waals surface area contributed by atoms with Crippen LogP contribution in [0.2, 0.25) is 0 Å². The van der Waals surface area contributed by atoms with E-state index >= 15 is 0 Å². The molecule has 1 fully saturated rings. The van der Waals surface area contributed by atoms with Crippen LogP contribution in [-0.2, 0) is 4.79 Å². The van der Waals surface area contributed by atoms with Crippen molar-refractivity contribution in [3.8, 4) is 0 Å². The summed E-state index contributed by atoms with van der Waals surface area (Å²) in [6.45, 7) is 9.26. The van der Waals surface area contributed by atoms with Gasteiger partial charge in [-0.25, -0.2) is 0 Å². The van der Waals surface area contributed by atoms with E-state index in [4.69, 9.17) is 0 Å². The number of rotatable bonds is 3. The lowest BCUT2D eigenvalue weighted by atomic mass is 9.99. The first kappa shape index (κ1) is 14.1. The maximum absolute atomic E-state index is 12.1. The molecule has 104 valence electrons. The Kier molecular flexibility index (Phi) is 4.59. The number of piperidine rings is 1. The minimum atomic E-state index is 0.134. The van der Waals surface area contributed by atoms with E-state index in [1.165, 1.54) is 28.9 Å². The van der Waals surface area contributed by atoms with Crippen molar-refractivity contribution in [2.75, 3.05) is 25.0 Å². The molecule has 1 aliphatic heterocycles. The molecule has 0 atom stereocenters. The number of hydrogen-bond acceptors (Lipinski definition) is 1. The molecule has 1 heterocycles. The number of anilines is 1. The van der Waals surface area contributed by atoms with Crippen molar-refractivity contribution in [2.24, 2.45) is 5.92 Å². The van der Waals surface area contributed by atoms with Crippen LogP contribution in [0, 0.1) is 19.8 Å². The average Bonchev–Trinajstić information content (AvgIpc) is 2.30. The topological polar surface area (TPSA) is 33.5 Å². The number of aryl methyl sites for hydroxylation is 2. The zero-order valence-corrected chi connectivity index (χ0v) is 12.3. The van der Waals surface area contributed by atoms with Gasteiger partial charge in [-0.15, -0.1) is 0 Å². The van der Waals surface area contributed by atoms with Gasteiger partial charge in [0.2, 0.25) is 0 Å². The van der Waals surface area contributed by atoms with Crippen LogP contribution < -0.4 is 10.2 Å². The van der Waals surface area contributed by atoms with Gasteiger partial charge in [0.1, 0.15) is 0 Å². The van der Waals surface area contributed by atoms with Gasteiger partial charge in [0, 0.05) is 5.69 Å². The second-order valence-electron chi connectivity index (χ2n) is 6.03. The first-order valence-corrected chi connectivity index (χ1v) is 7.24. The minimum Gasteiger partial charge on any atom is -0.327 e. The number of amides is 1. The van der Waals surface area contributed by atoms with Crippen molar-refractivity contribution < 1.29 is 9.69 Å². The van der Waals surface area contributed by atoms with Crippen LogP contribution in [0.3, 0.4) is 0 Å². The third-order valence-corrected chi connectivity index (χ3v) is 3.90. The lowest BCUT2D eigenvalue weighted by Gasteiger charge is -2.26. The number of benzene rings is 1. The van der Waals surface area contributed by atoms with Crippen molar-refractivity contribution in [3.05, 3.63) is 29.3 Å². The molecule has 2 N–H and O–H groups in total. The number of likely N-dealkylation sites (tertiary alicyclic amines) is 1. The Morgan fingerprint density at radius 2 is 1.79 bits per heavy atom. The van der Waals surface area contributed by atoms with E-state index in [0.29, 0.717) is 6.54 Å². The predicted octanol–water partition coefficient (Wildman–Crippen LogP) is 1.56. The molecule has 19 heavy (non-hydrogen) atoms. The first-order chi connectivity index (χ1) is 9.02. The Labute approximate surface area is 116 Å². The van der Waals surface area contributed by atoms with Crippen LogP contribution in [0.1, 0.15) is 30.9 Å². The van der Waals surface area contributed by atoms with Gasteiger partial charge in [0.05, 0.1) is 13.1 Å². The van der Waals surface area contributed by atoms with E-state index < -0.39 is 0 Å². The lowest BCUT2D eigenvalue weighted by molar-refractivity contribution is -0.897. The number of carbonyl (C=O) groups is 1. The highest BCUT2D eigenvalue weighted by Gasteiger charge is 2.21. The van der Waals surface area contributed by atoms with Gasteiger partial charge < -0.3 is 10.2 Å². The molecular formula is C16H25N2O+. The van der Waals surface area contributed by atoms with Gasteiger partial charge in [-0.3, -0.25) is 4.79 Å². The van der Waals surface area contributed by atoms with Gasteiger partial charge in [-0.2, -0.15) is 0 Å². The van der Waals surface area contributed by atoms with E-state index in [-0.39, 0.29) is 5.91 Å². The summed E-state index contributed by atoms with van der Waals surface area (Å²) < 4.78 is 0. The molecule has 0 bridgehead atoms. The van der Waals surface area contributed by atoms with Crippen LogP contribution in [0.15, 0.2) is 18.2 Å². The smallest absolute Gasteiger partial charge is 0.279 e. The van der Waals surface area contributed by atoms with Crippen LogP contribution in [0.25, 0.3) is 0 Å². The quantitative estimate of drug-likeness (QED) is 0.850. The second-order valence-corrected chi connectivity index (χ2v) is 6.03. The molecule has 0 unspecified atom stereocenters. The van der Waals surface area contributed by atoms with E-state index in [1.54, 1.807) is 0 Å². The molecule has 1 aromatic carbocycles. The Morgan fingerprint density at radius 3 is 2.37 bits per heavy atom. The molecule has 0 radical (unpaired) electrons. The predicted molar refractivity (Wildman–Crippen MR) is 78.5 cm³/mol. The van der Waals surface area contributed by atoms with Gasteiger partial charge in [-0.05, 0) is 55.9 Å². The average molecular weight is 261 g/mol. The maximum Gasteiger partial charge on any atom is 0.279 e. The largest absolute Gasteiger partial charge is 0.327 e. The molecule has 3 heteroatoms. The molecule has 1 amide bonds. The van der Waals surface area contributed by atoms with Crippen LogP contribution in [-0.4, -0.2) is 25.5 Å². The first-order valence-electron chi connectivity index (χ1n) is 7.24. The molecule has 2 rings (SSSR count). The minimum absolute atomic E-state index is 0.134. The van der Waals surface area contributed by atoms with E-state index in [0.717, 1.165) is 24.7 Å². The van der Waals surface area contributed by atoms with Gasteiger partial charge >= 0.3 is 0 Å². The van der Waals surface area contributed by atoms with Crippen molar-refractivity contribution in [1.29, 1.82) is 0 Å². The van der Waals surface area contributed by atoms with Crippen LogP contribution >= 0.6 is 0 Å². The normalized spacial score (nSPS) is 23.1. The molecule has 0 aromatic heterocycles. The van der Waals surface area contributed by atoms with Gasteiger partial charge in [-0.1, -0.05) is 13.0 Å². The standard InChI is InChI=1S/C16H24N2O/c1-12-4-6-18(7-5-12)11-16(19)17-15-9-13(2)8-14(3)10-15/h8-10,12H,4-7,11H2,1-3H3,(H,17,19)/p+1. The fourth-order valence-corrected chi connectivity index (χ4v) is 2.83. The number of quaternary nitrogens is 1. The Balaban J connectivity index is 1.87. The number of carbonyl (C=O) groups excluding carboxylic acids is 1. The van der Waals surface area contributed by atoms with Crippen molar-refractivity contribution in [1.82, 2.24) is 0 Å². The molecule has 1 aromatic rings. The summed E-state index contributed by atoms with van der Waals surface area (Å²) in [5, 5.41) is 3.02. The van der Waals surface area contributed by atoms with Crippen molar-refractivity contribution in [2.45, 2.75) is 33.6 Å². The lowest BCUT2D eigenvalue weighted by Crippen LogP contribution is -3.14. The van der Waals surface area contributed by atoms with Crippen LogP contribution in [0.5, 0.6) is 0 Å². The number of hydrogen-bond donors (Lipinski definition) is 2. The fraction of sp³-hybridized carbons (Fsp3) is 0.562. The van der Waals surface area contributed by atoms with E-state index in [9.17, 15) is 4.79 Å². The van der Waals surface area contributed by atoms with Gasteiger partial charge in [0.25, 0.3) is 5.91 Å². The molecular weight excluding hydrogens is 236 g/mol. The summed E-state index contributed by atoms with van der Waals surface area (Å²) in [6, 6.07) is 6.17. The number of nitrogens with one attached hydrogen (secondary N) is 2. The molecule has 0 aliphatic carbocycles. The van der Waals surface area contributed by atoms with Crippen LogP contribution in [0.4, 0.5) is 5.69 Å². The summed E-state index contributed by atoms with van der Waals surface area (Å²) in [5.41, 5.74) is 3.30. The van der Waals surface area contributed by atoms with E-state index in [2.05, 4.69) is 32.2 Å². The Morgan fingerprint density at radius 1 is 1.21 bits per heavy atom. The third kappa shape index (κ3) is 4.35. The molecule has 0 spiro atoms.